The third kappa shape index (κ3) is 9.18. The molecule has 0 bridgehead atoms. The summed E-state index contributed by atoms with van der Waals surface area (Å²) in [5, 5.41) is 2.66. The Labute approximate surface area is 360 Å². The van der Waals surface area contributed by atoms with E-state index in [9.17, 15) is 24.0 Å². The van der Waals surface area contributed by atoms with E-state index in [4.69, 9.17) is 18.9 Å². The third-order valence-corrected chi connectivity index (χ3v) is 9.86. The standard InChI is InChI=1S/C26H23N3O5.C22H17N3O4/c1-18-27-25(30)29(26(31)28(18)20-8-4-2-5-9-20)21-12-13-23(34-22-10-6-3-7-11-22)24(14-21)33-17-19-15-32-16-19;1-15-14-17(12-13-19(15)29-18-10-6-3-7-11-18)25-21(27)23-20(26)24(22(25)28)16-8-4-2-5-9-16/h2-14,19H,1,15-17H2,(H,27,30);2-14H,1H3,(H,23,26,27). The Balaban J connectivity index is 0.000000175. The largest absolute Gasteiger partial charge is 0.489 e. The number of anilines is 2. The zero-order valence-corrected chi connectivity index (χ0v) is 33.9. The predicted molar refractivity (Wildman–Crippen MR) is 237 cm³/mol. The number of aromatic nitrogens is 3. The van der Waals surface area contributed by atoms with Crippen LogP contribution in [0.4, 0.5) is 21.0 Å². The van der Waals surface area contributed by atoms with Gasteiger partial charge in [-0.15, -0.1) is 0 Å². The van der Waals surface area contributed by atoms with E-state index >= 15 is 0 Å². The van der Waals surface area contributed by atoms with Crippen LogP contribution in [-0.4, -0.2) is 46.0 Å². The topological polar surface area (TPSA) is 166 Å². The van der Waals surface area contributed by atoms with Gasteiger partial charge in [-0.05, 0) is 91.3 Å². The maximum absolute atomic E-state index is 13.4. The minimum absolute atomic E-state index is 0.183. The Morgan fingerprint density at radius 2 is 1.11 bits per heavy atom. The number of amides is 4. The van der Waals surface area contributed by atoms with Gasteiger partial charge in [0.15, 0.2) is 11.5 Å². The number of hydrogen-bond donors (Lipinski definition) is 2. The van der Waals surface area contributed by atoms with Crippen molar-refractivity contribution in [1.82, 2.24) is 19.4 Å². The highest BCUT2D eigenvalue weighted by molar-refractivity contribution is 6.22. The molecular formula is C48H40N6O9. The van der Waals surface area contributed by atoms with Crippen molar-refractivity contribution in [2.75, 3.05) is 29.6 Å². The summed E-state index contributed by atoms with van der Waals surface area (Å²) in [5.74, 6) is 3.28. The molecule has 2 aliphatic rings. The van der Waals surface area contributed by atoms with E-state index in [0.29, 0.717) is 71.3 Å². The Morgan fingerprint density at radius 3 is 1.68 bits per heavy atom. The van der Waals surface area contributed by atoms with Crippen LogP contribution in [0, 0.1) is 12.8 Å². The van der Waals surface area contributed by atoms with Gasteiger partial charge in [0.1, 0.15) is 23.1 Å². The lowest BCUT2D eigenvalue weighted by molar-refractivity contribution is -0.0510. The molecule has 0 unspecified atom stereocenters. The molecule has 2 fully saturated rings. The fourth-order valence-electron chi connectivity index (χ4n) is 6.66. The molecule has 0 aliphatic carbocycles. The summed E-state index contributed by atoms with van der Waals surface area (Å²) in [6.07, 6.45) is 0. The molecule has 9 rings (SSSR count). The minimum atomic E-state index is -0.802. The number of carbonyl (C=O) groups excluding carboxylic acids is 2. The maximum atomic E-state index is 13.4. The van der Waals surface area contributed by atoms with Crippen LogP contribution >= 0.6 is 0 Å². The third-order valence-electron chi connectivity index (χ3n) is 9.86. The minimum Gasteiger partial charge on any atom is -0.489 e. The number of imide groups is 1. The number of hydrogen-bond acceptors (Lipinski definition) is 9. The first kappa shape index (κ1) is 41.3. The first-order chi connectivity index (χ1) is 30.6. The lowest BCUT2D eigenvalue weighted by atomic mass is 10.1. The molecule has 15 heteroatoms. The van der Waals surface area contributed by atoms with E-state index in [2.05, 4.69) is 16.9 Å². The molecule has 316 valence electrons. The maximum Gasteiger partial charge on any atom is 0.345 e. The molecule has 63 heavy (non-hydrogen) atoms. The number of ether oxygens (including phenoxy) is 4. The number of benzene rings is 6. The predicted octanol–water partition coefficient (Wildman–Crippen LogP) is 7.91. The fourth-order valence-corrected chi connectivity index (χ4v) is 6.66. The normalized spacial score (nSPS) is 13.6. The van der Waals surface area contributed by atoms with Gasteiger partial charge >= 0.3 is 29.1 Å². The fraction of sp³-hybridized carbons (Fsp3) is 0.104. The smallest absolute Gasteiger partial charge is 0.345 e. The molecule has 0 spiro atoms. The Morgan fingerprint density at radius 1 is 0.587 bits per heavy atom. The monoisotopic (exact) mass is 844 g/mol. The van der Waals surface area contributed by atoms with Crippen LogP contribution in [0.15, 0.2) is 185 Å². The van der Waals surface area contributed by atoms with Crippen molar-refractivity contribution >= 4 is 23.4 Å². The van der Waals surface area contributed by atoms with Gasteiger partial charge in [0.05, 0.1) is 42.6 Å². The second-order valence-corrected chi connectivity index (χ2v) is 14.3. The second-order valence-electron chi connectivity index (χ2n) is 14.3. The quantitative estimate of drug-likeness (QED) is 0.132. The summed E-state index contributed by atoms with van der Waals surface area (Å²) in [5.41, 5.74) is 0.0268. The lowest BCUT2D eigenvalue weighted by Gasteiger charge is -2.36. The first-order valence-corrected chi connectivity index (χ1v) is 19.8. The molecule has 2 N–H and O–H groups in total. The Hall–Kier alpha value is -8.43. The molecule has 1 aromatic heterocycles. The van der Waals surface area contributed by atoms with Crippen molar-refractivity contribution < 1.29 is 28.5 Å². The summed E-state index contributed by atoms with van der Waals surface area (Å²) in [6, 6.07) is 44.8. The highest BCUT2D eigenvalue weighted by Gasteiger charge is 2.37. The number of rotatable bonds is 11. The highest BCUT2D eigenvalue weighted by atomic mass is 16.5. The molecule has 2 aliphatic heterocycles. The number of urea groups is 2. The Bertz CT molecular complexity index is 2950. The molecule has 2 saturated heterocycles. The van der Waals surface area contributed by atoms with Crippen LogP contribution in [0.25, 0.3) is 11.4 Å². The number of nitrogens with zero attached hydrogens (tertiary/aromatic N) is 4. The molecule has 7 aromatic rings. The van der Waals surface area contributed by atoms with Gasteiger partial charge < -0.3 is 18.9 Å². The van der Waals surface area contributed by atoms with Crippen LogP contribution in [0.3, 0.4) is 0 Å². The molecule has 0 atom stereocenters. The van der Waals surface area contributed by atoms with Gasteiger partial charge in [0.2, 0.25) is 0 Å². The van der Waals surface area contributed by atoms with Crippen molar-refractivity contribution in [2.45, 2.75) is 6.92 Å². The van der Waals surface area contributed by atoms with Gasteiger partial charge in [-0.25, -0.2) is 42.9 Å². The second kappa shape index (κ2) is 18.5. The first-order valence-electron chi connectivity index (χ1n) is 19.8. The zero-order chi connectivity index (χ0) is 43.9. The molecule has 6 aromatic carbocycles. The van der Waals surface area contributed by atoms with Crippen molar-refractivity contribution in [1.29, 1.82) is 0 Å². The molecule has 0 radical (unpaired) electrons. The van der Waals surface area contributed by atoms with E-state index in [1.807, 2.05) is 85.8 Å². The van der Waals surface area contributed by atoms with Gasteiger partial charge in [-0.1, -0.05) is 79.4 Å². The van der Waals surface area contributed by atoms with E-state index in [-0.39, 0.29) is 11.7 Å². The molecule has 15 nitrogen and oxygen atoms in total. The number of aryl methyl sites for hydroxylation is 1. The van der Waals surface area contributed by atoms with E-state index in [1.54, 1.807) is 78.9 Å². The number of nitrogens with one attached hydrogen (secondary N) is 2. The van der Waals surface area contributed by atoms with E-state index < -0.39 is 29.1 Å². The summed E-state index contributed by atoms with van der Waals surface area (Å²) >= 11 is 0. The average Bonchev–Trinajstić information content (AvgIpc) is 3.26. The van der Waals surface area contributed by atoms with E-state index in [1.165, 1.54) is 4.90 Å². The number of aromatic amines is 1. The van der Waals surface area contributed by atoms with Crippen LogP contribution < -0.4 is 46.4 Å². The van der Waals surface area contributed by atoms with Crippen LogP contribution in [-0.2, 0) is 4.74 Å². The number of carbonyl (C=O) groups is 2. The molecule has 0 saturated carbocycles. The zero-order valence-electron chi connectivity index (χ0n) is 33.9. The van der Waals surface area contributed by atoms with Gasteiger partial charge in [-0.2, -0.15) is 0 Å². The summed E-state index contributed by atoms with van der Waals surface area (Å²) in [6.45, 7) is 7.35. The van der Waals surface area contributed by atoms with Crippen LogP contribution in [0.5, 0.6) is 28.7 Å². The SMILES string of the molecule is C=C1NC(=O)N(c2ccc(Oc3ccccc3)c(OCC3COC3)c2)C(=O)N1c1ccccc1.Cc1cc(-n2c(=O)[nH]c(=O)n(-c3ccccc3)c2=O)ccc1Oc1ccccc1. The number of para-hydroxylation sites is 4. The van der Waals surface area contributed by atoms with Crippen molar-refractivity contribution in [3.8, 4) is 40.1 Å². The van der Waals surface area contributed by atoms with Crippen molar-refractivity contribution in [3.05, 3.63) is 207 Å². The number of H-pyrrole nitrogens is 1. The Kier molecular flexibility index (Phi) is 12.1. The highest BCUT2D eigenvalue weighted by Crippen LogP contribution is 2.37. The molecular weight excluding hydrogens is 805 g/mol. The molecule has 3 heterocycles. The van der Waals surface area contributed by atoms with Crippen molar-refractivity contribution in [3.63, 3.8) is 0 Å². The van der Waals surface area contributed by atoms with Gasteiger partial charge in [0.25, 0.3) is 0 Å². The summed E-state index contributed by atoms with van der Waals surface area (Å²) in [4.78, 5) is 68.4. The summed E-state index contributed by atoms with van der Waals surface area (Å²) in [7, 11) is 0. The average molecular weight is 845 g/mol. The molecule has 4 amide bonds. The van der Waals surface area contributed by atoms with Crippen molar-refractivity contribution in [2.24, 2.45) is 5.92 Å². The van der Waals surface area contributed by atoms with Gasteiger partial charge in [0, 0.05) is 12.0 Å². The summed E-state index contributed by atoms with van der Waals surface area (Å²) < 4.78 is 25.0. The van der Waals surface area contributed by atoms with Crippen LogP contribution in [0.1, 0.15) is 5.56 Å². The lowest BCUT2D eigenvalue weighted by Crippen LogP contribution is -2.58. The van der Waals surface area contributed by atoms with Gasteiger partial charge in [-0.3, -0.25) is 10.3 Å². The van der Waals surface area contributed by atoms with E-state index in [0.717, 1.165) is 19.6 Å². The van der Waals surface area contributed by atoms with Crippen LogP contribution in [0.2, 0.25) is 0 Å².